The van der Waals surface area contributed by atoms with E-state index in [1.54, 1.807) is 6.07 Å². The van der Waals surface area contributed by atoms with Crippen LogP contribution in [0.1, 0.15) is 55.3 Å². The molecule has 1 aromatic carbocycles. The molecule has 1 amide bonds. The van der Waals surface area contributed by atoms with Gasteiger partial charge < -0.3 is 20.3 Å². The molecule has 2 aliphatic carbocycles. The standard InChI is InChI=1S/C26H32ClN5O2/c1-32(2)24-21-5-3-4-6-22(21)30-26(31-24)29-20-10-8-19(9-11-20)28-25(33)17-13-16-14-18(27)7-12-23(16)34-15-17/h7,12-14,19-20H,3-6,8-11,15H2,1-2H3,(H,28,33)(H,29,30,31)/t19-,20+. The van der Waals surface area contributed by atoms with Crippen molar-refractivity contribution in [1.82, 2.24) is 15.3 Å². The molecule has 0 saturated heterocycles. The van der Waals surface area contributed by atoms with Gasteiger partial charge in [-0.25, -0.2) is 4.98 Å². The zero-order valence-electron chi connectivity index (χ0n) is 19.9. The van der Waals surface area contributed by atoms with Crippen LogP contribution in [0.5, 0.6) is 5.75 Å². The molecule has 0 radical (unpaired) electrons. The summed E-state index contributed by atoms with van der Waals surface area (Å²) >= 11 is 6.09. The molecule has 1 aromatic heterocycles. The summed E-state index contributed by atoms with van der Waals surface area (Å²) in [5.74, 6) is 2.47. The van der Waals surface area contributed by atoms with Gasteiger partial charge in [-0.2, -0.15) is 4.98 Å². The highest BCUT2D eigenvalue weighted by molar-refractivity contribution is 6.30. The lowest BCUT2D eigenvalue weighted by atomic mass is 9.91. The van der Waals surface area contributed by atoms with Crippen molar-refractivity contribution in [3.05, 3.63) is 45.6 Å². The van der Waals surface area contributed by atoms with Gasteiger partial charge >= 0.3 is 0 Å². The Hall–Kier alpha value is -2.80. The number of nitrogens with one attached hydrogen (secondary N) is 2. The van der Waals surface area contributed by atoms with E-state index < -0.39 is 0 Å². The molecule has 2 aromatic rings. The minimum absolute atomic E-state index is 0.0596. The second-order valence-electron chi connectivity index (χ2n) is 9.70. The van der Waals surface area contributed by atoms with Gasteiger partial charge in [0.1, 0.15) is 18.2 Å². The van der Waals surface area contributed by atoms with Crippen molar-refractivity contribution in [1.29, 1.82) is 0 Å². The molecule has 3 aliphatic rings. The van der Waals surface area contributed by atoms with Gasteiger partial charge in [0, 0.05) is 42.3 Å². The van der Waals surface area contributed by atoms with E-state index in [0.29, 0.717) is 16.6 Å². The first-order valence-corrected chi connectivity index (χ1v) is 12.6. The third-order valence-electron chi connectivity index (χ3n) is 6.96. The van der Waals surface area contributed by atoms with E-state index in [1.807, 2.05) is 18.2 Å². The summed E-state index contributed by atoms with van der Waals surface area (Å²) in [6.07, 6.45) is 10.2. The zero-order chi connectivity index (χ0) is 23.7. The molecule has 0 unspecified atom stereocenters. The molecule has 0 bridgehead atoms. The van der Waals surface area contributed by atoms with Gasteiger partial charge in [-0.15, -0.1) is 0 Å². The number of halogens is 1. The molecule has 1 saturated carbocycles. The van der Waals surface area contributed by atoms with Crippen LogP contribution in [0.3, 0.4) is 0 Å². The summed E-state index contributed by atoms with van der Waals surface area (Å²) in [5, 5.41) is 7.40. The monoisotopic (exact) mass is 481 g/mol. The maximum absolute atomic E-state index is 12.8. The Morgan fingerprint density at radius 1 is 1.09 bits per heavy atom. The highest BCUT2D eigenvalue weighted by Gasteiger charge is 2.26. The lowest BCUT2D eigenvalue weighted by molar-refractivity contribution is -0.118. The van der Waals surface area contributed by atoms with Crippen LogP contribution in [0.25, 0.3) is 6.08 Å². The summed E-state index contributed by atoms with van der Waals surface area (Å²) in [6.45, 7) is 0.279. The lowest BCUT2D eigenvalue weighted by Gasteiger charge is -2.31. The number of ether oxygens (including phenoxy) is 1. The number of carbonyl (C=O) groups excluding carboxylic acids is 1. The number of rotatable bonds is 5. The van der Waals surface area contributed by atoms with Crippen molar-refractivity contribution >= 4 is 35.4 Å². The Balaban J connectivity index is 1.17. The second kappa shape index (κ2) is 9.82. The highest BCUT2D eigenvalue weighted by Crippen LogP contribution is 2.31. The maximum Gasteiger partial charge on any atom is 0.250 e. The molecular weight excluding hydrogens is 450 g/mol. The number of nitrogens with zero attached hydrogens (tertiary/aromatic N) is 3. The molecule has 2 heterocycles. The first-order valence-electron chi connectivity index (χ1n) is 12.2. The average Bonchev–Trinajstić information content (AvgIpc) is 2.84. The number of hydrogen-bond donors (Lipinski definition) is 2. The maximum atomic E-state index is 12.8. The predicted octanol–water partition coefficient (Wildman–Crippen LogP) is 4.39. The fourth-order valence-electron chi connectivity index (χ4n) is 5.13. The van der Waals surface area contributed by atoms with Crippen LogP contribution in [0.4, 0.5) is 11.8 Å². The van der Waals surface area contributed by atoms with E-state index in [-0.39, 0.29) is 18.6 Å². The minimum atomic E-state index is -0.0596. The molecule has 5 rings (SSSR count). The number of aromatic nitrogens is 2. The Labute approximate surface area is 205 Å². The fourth-order valence-corrected chi connectivity index (χ4v) is 5.31. The highest BCUT2D eigenvalue weighted by atomic mass is 35.5. The number of fused-ring (bicyclic) bond motifs is 2. The van der Waals surface area contributed by atoms with Crippen molar-refractivity contribution in [3.8, 4) is 5.75 Å². The zero-order valence-corrected chi connectivity index (χ0v) is 20.6. The summed E-state index contributed by atoms with van der Waals surface area (Å²) < 4.78 is 5.74. The van der Waals surface area contributed by atoms with Crippen LogP contribution < -0.4 is 20.3 Å². The van der Waals surface area contributed by atoms with Gasteiger partial charge in [0.05, 0.1) is 11.3 Å². The molecule has 34 heavy (non-hydrogen) atoms. The Morgan fingerprint density at radius 3 is 2.65 bits per heavy atom. The fraction of sp³-hybridized carbons (Fsp3) is 0.500. The SMILES string of the molecule is CN(C)c1nc(N[C@H]2CC[C@@H](NC(=O)C3=Cc4cc(Cl)ccc4OC3)CC2)nc2c1CCCC2. The van der Waals surface area contributed by atoms with E-state index in [4.69, 9.17) is 26.3 Å². The Kier molecular flexibility index (Phi) is 6.63. The second-order valence-corrected chi connectivity index (χ2v) is 10.1. The van der Waals surface area contributed by atoms with Crippen molar-refractivity contribution in [2.24, 2.45) is 0 Å². The van der Waals surface area contributed by atoms with Crippen LogP contribution in [0.2, 0.25) is 5.02 Å². The molecule has 2 N–H and O–H groups in total. The van der Waals surface area contributed by atoms with Gasteiger partial charge in [0.15, 0.2) is 0 Å². The van der Waals surface area contributed by atoms with Crippen molar-refractivity contribution in [3.63, 3.8) is 0 Å². The van der Waals surface area contributed by atoms with E-state index in [0.717, 1.165) is 61.6 Å². The number of carbonyl (C=O) groups is 1. The quantitative estimate of drug-likeness (QED) is 0.659. The molecule has 180 valence electrons. The topological polar surface area (TPSA) is 79.4 Å². The van der Waals surface area contributed by atoms with Crippen LogP contribution >= 0.6 is 11.6 Å². The smallest absolute Gasteiger partial charge is 0.250 e. The molecule has 0 spiro atoms. The molecule has 7 nitrogen and oxygen atoms in total. The first kappa shape index (κ1) is 23.0. The van der Waals surface area contributed by atoms with Crippen molar-refractivity contribution in [2.45, 2.75) is 63.5 Å². The average molecular weight is 482 g/mol. The largest absolute Gasteiger partial charge is 0.488 e. The van der Waals surface area contributed by atoms with Crippen LogP contribution in [-0.2, 0) is 17.6 Å². The van der Waals surface area contributed by atoms with Crippen molar-refractivity contribution < 1.29 is 9.53 Å². The molecule has 0 atom stereocenters. The molecule has 8 heteroatoms. The molecular formula is C26H32ClN5O2. The van der Waals surface area contributed by atoms with E-state index >= 15 is 0 Å². The molecule has 1 fully saturated rings. The predicted molar refractivity (Wildman–Crippen MR) is 136 cm³/mol. The summed E-state index contributed by atoms with van der Waals surface area (Å²) in [7, 11) is 4.10. The number of hydrogen-bond acceptors (Lipinski definition) is 6. The Bertz CT molecular complexity index is 1110. The van der Waals surface area contributed by atoms with Gasteiger partial charge in [0.2, 0.25) is 5.95 Å². The van der Waals surface area contributed by atoms with E-state index in [1.165, 1.54) is 24.1 Å². The molecule has 1 aliphatic heterocycles. The first-order chi connectivity index (χ1) is 16.5. The number of anilines is 2. The number of benzene rings is 1. The number of aryl methyl sites for hydroxylation is 1. The van der Waals surface area contributed by atoms with Gasteiger partial charge in [0.25, 0.3) is 5.91 Å². The van der Waals surface area contributed by atoms with E-state index in [9.17, 15) is 4.79 Å². The third-order valence-corrected chi connectivity index (χ3v) is 7.19. The van der Waals surface area contributed by atoms with Gasteiger partial charge in [-0.1, -0.05) is 11.6 Å². The summed E-state index contributed by atoms with van der Waals surface area (Å²) in [4.78, 5) is 24.6. The van der Waals surface area contributed by atoms with Gasteiger partial charge in [-0.3, -0.25) is 4.79 Å². The van der Waals surface area contributed by atoms with Crippen LogP contribution in [0, 0.1) is 0 Å². The van der Waals surface area contributed by atoms with Gasteiger partial charge in [-0.05, 0) is 75.6 Å². The normalized spacial score (nSPS) is 21.4. The number of amides is 1. The lowest BCUT2D eigenvalue weighted by Crippen LogP contribution is -2.41. The van der Waals surface area contributed by atoms with Crippen LogP contribution in [0.15, 0.2) is 23.8 Å². The summed E-state index contributed by atoms with van der Waals surface area (Å²) in [6, 6.07) is 5.93. The minimum Gasteiger partial charge on any atom is -0.488 e. The summed E-state index contributed by atoms with van der Waals surface area (Å²) in [5.41, 5.74) is 3.98. The van der Waals surface area contributed by atoms with Crippen molar-refractivity contribution in [2.75, 3.05) is 30.9 Å². The van der Waals surface area contributed by atoms with Crippen LogP contribution in [-0.4, -0.2) is 48.7 Å². The van der Waals surface area contributed by atoms with E-state index in [2.05, 4.69) is 29.6 Å². The Morgan fingerprint density at radius 2 is 1.85 bits per heavy atom. The third kappa shape index (κ3) is 4.99.